The normalized spacial score (nSPS) is 21.9. The highest BCUT2D eigenvalue weighted by atomic mass is 19.1. The number of nitrogens with zero attached hydrogens (tertiary/aromatic N) is 4. The van der Waals surface area contributed by atoms with Gasteiger partial charge in [0.25, 0.3) is 0 Å². The van der Waals surface area contributed by atoms with Crippen LogP contribution in [0.4, 0.5) is 20.4 Å². The molecule has 2 aromatic carbocycles. The molecule has 31 heavy (non-hydrogen) atoms. The molecule has 0 spiro atoms. The van der Waals surface area contributed by atoms with E-state index >= 15 is 0 Å². The molecule has 2 N–H and O–H groups in total. The predicted octanol–water partition coefficient (Wildman–Crippen LogP) is 3.38. The van der Waals surface area contributed by atoms with Gasteiger partial charge in [-0.3, -0.25) is 4.90 Å². The van der Waals surface area contributed by atoms with Crippen molar-refractivity contribution in [3.05, 3.63) is 65.5 Å². The number of likely N-dealkylation sites (tertiary alicyclic amines) is 1. The Morgan fingerprint density at radius 3 is 2.65 bits per heavy atom. The summed E-state index contributed by atoms with van der Waals surface area (Å²) in [4.78, 5) is 6.46. The molecular weight excluding hydrogens is 404 g/mol. The fraction of sp³-hybridized carbons (Fsp3) is 0.364. The summed E-state index contributed by atoms with van der Waals surface area (Å²) in [5, 5.41) is 18.7. The van der Waals surface area contributed by atoms with Gasteiger partial charge in [0, 0.05) is 27.7 Å². The maximum absolute atomic E-state index is 13.5. The third kappa shape index (κ3) is 4.04. The van der Waals surface area contributed by atoms with Gasteiger partial charge < -0.3 is 15.2 Å². The second-order valence-corrected chi connectivity index (χ2v) is 8.30. The van der Waals surface area contributed by atoms with Gasteiger partial charge in [-0.15, -0.1) is 5.10 Å². The molecule has 166 valence electrons. The number of hydrogen-bond acceptors (Lipinski definition) is 6. The van der Waals surface area contributed by atoms with Crippen LogP contribution in [0.25, 0.3) is 5.69 Å². The number of β-amino-alcohol motifs (C(OH)–C–C–N with tert-alkyl or cyclic N) is 1. The van der Waals surface area contributed by atoms with E-state index in [1.807, 2.05) is 25.1 Å². The Morgan fingerprint density at radius 2 is 1.94 bits per heavy atom. The number of aromatic nitrogens is 3. The monoisotopic (exact) mass is 431 g/mol. The van der Waals surface area contributed by atoms with Crippen molar-refractivity contribution < 1.29 is 21.5 Å². The molecule has 1 unspecified atom stereocenters. The zero-order chi connectivity index (χ0) is 21.6. The van der Waals surface area contributed by atoms with Crippen LogP contribution in [0.2, 0.25) is 0 Å². The van der Waals surface area contributed by atoms with E-state index < -0.39 is 17.2 Å². The molecule has 2 aliphatic rings. The highest BCUT2D eigenvalue weighted by molar-refractivity contribution is 5.57. The molecule has 0 radical (unpaired) electrons. The third-order valence-electron chi connectivity index (χ3n) is 5.89. The summed E-state index contributed by atoms with van der Waals surface area (Å²) in [6.07, 6.45) is 2.04. The van der Waals surface area contributed by atoms with Crippen LogP contribution in [0.3, 0.4) is 0 Å². The van der Waals surface area contributed by atoms with Crippen molar-refractivity contribution in [1.29, 1.82) is 0 Å². The summed E-state index contributed by atoms with van der Waals surface area (Å²) in [5.74, 6) is -1.08. The van der Waals surface area contributed by atoms with Crippen molar-refractivity contribution in [2.75, 3.05) is 31.6 Å². The number of rotatable bonds is 5. The fourth-order valence-corrected chi connectivity index (χ4v) is 4.17. The number of aryl methyl sites for hydroxylation is 1. The predicted molar refractivity (Wildman–Crippen MR) is 115 cm³/mol. The van der Waals surface area contributed by atoms with E-state index in [4.69, 9.17) is 4.74 Å². The van der Waals surface area contributed by atoms with Crippen LogP contribution in [-0.2, 0) is 10.3 Å². The van der Waals surface area contributed by atoms with Gasteiger partial charge in [0.05, 0.1) is 24.9 Å². The zero-order valence-corrected chi connectivity index (χ0v) is 17.1. The molecule has 3 aromatic rings. The lowest BCUT2D eigenvalue weighted by molar-refractivity contribution is -0.0665. The number of ether oxygens (including phenoxy) is 1. The van der Waals surface area contributed by atoms with E-state index in [1.165, 1.54) is 23.1 Å². The summed E-state index contributed by atoms with van der Waals surface area (Å²) < 4.78 is 33.6. The largest absolute Gasteiger partial charge is 0.384 e. The molecule has 5 rings (SSSR count). The minimum absolute atomic E-state index is 0. The van der Waals surface area contributed by atoms with Gasteiger partial charge in [-0.2, -0.15) is 4.98 Å². The Morgan fingerprint density at radius 1 is 1.16 bits per heavy atom. The van der Waals surface area contributed by atoms with Crippen LogP contribution in [0.15, 0.2) is 42.7 Å². The van der Waals surface area contributed by atoms with Gasteiger partial charge in [-0.25, -0.2) is 13.5 Å². The summed E-state index contributed by atoms with van der Waals surface area (Å²) in [6, 6.07) is 9.38. The lowest BCUT2D eigenvalue weighted by atomic mass is 9.91. The molecule has 7 nitrogen and oxygen atoms in total. The topological polar surface area (TPSA) is 75.4 Å². The molecule has 2 saturated heterocycles. The van der Waals surface area contributed by atoms with Gasteiger partial charge in [-0.05, 0) is 48.7 Å². The van der Waals surface area contributed by atoms with Crippen molar-refractivity contribution in [2.45, 2.75) is 25.0 Å². The minimum Gasteiger partial charge on any atom is -0.384 e. The van der Waals surface area contributed by atoms with Crippen molar-refractivity contribution in [1.82, 2.24) is 19.7 Å². The van der Waals surface area contributed by atoms with E-state index in [2.05, 4.69) is 20.3 Å². The van der Waals surface area contributed by atoms with E-state index in [-0.39, 0.29) is 14.5 Å². The first-order valence-corrected chi connectivity index (χ1v) is 10.2. The smallest absolute Gasteiger partial charge is 0.246 e. The number of benzene rings is 2. The second kappa shape index (κ2) is 7.67. The van der Waals surface area contributed by atoms with Gasteiger partial charge in [-0.1, -0.05) is 6.07 Å². The first-order valence-electron chi connectivity index (χ1n) is 10.2. The molecule has 9 heteroatoms. The van der Waals surface area contributed by atoms with Crippen LogP contribution in [0.5, 0.6) is 0 Å². The van der Waals surface area contributed by atoms with E-state index in [1.54, 1.807) is 0 Å². The number of halogens is 2. The standard InChI is InChI=1S/C22H23F2N5O2.2H2/c1-14-4-15(22(30)2-3-28(12-22)20-10-31-11-20)6-18(5-14)26-21-25-13-29(27-21)19-8-16(23)7-17(24)9-19;;/h4-9,13,20,30H,2-3,10-12H2,1H3,(H,26,27);2*1H. The lowest BCUT2D eigenvalue weighted by Gasteiger charge is -2.35. The average molecular weight is 431 g/mol. The third-order valence-corrected chi connectivity index (χ3v) is 5.89. The van der Waals surface area contributed by atoms with Crippen molar-refractivity contribution in [3.63, 3.8) is 0 Å². The van der Waals surface area contributed by atoms with Crippen LogP contribution >= 0.6 is 0 Å². The second-order valence-electron chi connectivity index (χ2n) is 8.30. The summed E-state index contributed by atoms with van der Waals surface area (Å²) in [7, 11) is 0. The Hall–Kier alpha value is -2.88. The van der Waals surface area contributed by atoms with Crippen LogP contribution in [0, 0.1) is 18.6 Å². The van der Waals surface area contributed by atoms with E-state index in [0.29, 0.717) is 19.0 Å². The molecule has 0 saturated carbocycles. The molecule has 3 heterocycles. The molecule has 2 aliphatic heterocycles. The summed E-state index contributed by atoms with van der Waals surface area (Å²) >= 11 is 0. The number of hydrogen-bond donors (Lipinski definition) is 2. The first-order chi connectivity index (χ1) is 14.9. The number of nitrogens with one attached hydrogen (secondary N) is 1. The Bertz CT molecular complexity index is 1110. The highest BCUT2D eigenvalue weighted by Crippen LogP contribution is 2.36. The minimum atomic E-state index is -0.927. The summed E-state index contributed by atoms with van der Waals surface area (Å²) in [5.41, 5.74) is 1.87. The fourth-order valence-electron chi connectivity index (χ4n) is 4.17. The Labute approximate surface area is 181 Å². The number of aliphatic hydroxyl groups is 1. The van der Waals surface area contributed by atoms with E-state index in [9.17, 15) is 13.9 Å². The molecule has 0 bridgehead atoms. The van der Waals surface area contributed by atoms with Crippen molar-refractivity contribution in [2.24, 2.45) is 0 Å². The average Bonchev–Trinajstić information content (AvgIpc) is 3.27. The maximum atomic E-state index is 13.5. The van der Waals surface area contributed by atoms with Crippen molar-refractivity contribution >= 4 is 11.6 Å². The van der Waals surface area contributed by atoms with Gasteiger partial charge in [0.1, 0.15) is 23.6 Å². The molecule has 0 amide bonds. The van der Waals surface area contributed by atoms with Crippen LogP contribution in [-0.4, -0.2) is 57.1 Å². The molecule has 1 aromatic heterocycles. The van der Waals surface area contributed by atoms with Crippen molar-refractivity contribution in [3.8, 4) is 5.69 Å². The van der Waals surface area contributed by atoms with Crippen LogP contribution < -0.4 is 5.32 Å². The first kappa shape index (κ1) is 20.0. The van der Waals surface area contributed by atoms with Gasteiger partial charge in [0.15, 0.2) is 0 Å². The quantitative estimate of drug-likeness (QED) is 0.645. The Kier molecular flexibility index (Phi) is 4.96. The van der Waals surface area contributed by atoms with E-state index in [0.717, 1.165) is 42.6 Å². The molecule has 0 aliphatic carbocycles. The maximum Gasteiger partial charge on any atom is 0.246 e. The summed E-state index contributed by atoms with van der Waals surface area (Å²) in [6.45, 7) is 4.81. The SMILES string of the molecule is Cc1cc(Nc2ncn(-c3cc(F)cc(F)c3)n2)cc(C2(O)CCN(C3COC3)C2)c1.[HH].[HH]. The lowest BCUT2D eigenvalue weighted by Crippen LogP contribution is -2.49. The Balaban J connectivity index is 0.00000153. The van der Waals surface area contributed by atoms with Crippen LogP contribution in [0.1, 0.15) is 20.4 Å². The zero-order valence-electron chi connectivity index (χ0n) is 17.1. The highest BCUT2D eigenvalue weighted by Gasteiger charge is 2.42. The molecule has 1 atom stereocenters. The molecule has 2 fully saturated rings. The molecular formula is C22H27F2N5O2. The number of anilines is 2. The van der Waals surface area contributed by atoms with Gasteiger partial charge >= 0.3 is 0 Å². The van der Waals surface area contributed by atoms with Gasteiger partial charge in [0.2, 0.25) is 5.95 Å².